The summed E-state index contributed by atoms with van der Waals surface area (Å²) in [5.41, 5.74) is -2.61. The van der Waals surface area contributed by atoms with Crippen molar-refractivity contribution in [3.8, 4) is 0 Å². The average molecular weight is 841 g/mol. The molecular formula is C52H44O3P4. The molecule has 0 aromatic heterocycles. The van der Waals surface area contributed by atoms with E-state index in [4.69, 9.17) is 0 Å². The van der Waals surface area contributed by atoms with Crippen LogP contribution in [0.4, 0.5) is 0 Å². The van der Waals surface area contributed by atoms with Gasteiger partial charge < -0.3 is 13.7 Å². The zero-order valence-corrected chi connectivity index (χ0v) is 36.0. The fourth-order valence-corrected chi connectivity index (χ4v) is 27.3. The van der Waals surface area contributed by atoms with Crippen molar-refractivity contribution in [3.63, 3.8) is 0 Å². The molecule has 1 aliphatic carbocycles. The van der Waals surface area contributed by atoms with Gasteiger partial charge in [0.05, 0.1) is 0 Å². The lowest BCUT2D eigenvalue weighted by atomic mass is 9.96. The highest BCUT2D eigenvalue weighted by Crippen LogP contribution is 2.78. The molecule has 3 nitrogen and oxygen atoms in total. The fraction of sp³-hybridized carbons (Fsp3) is 0.0769. The molecular weight excluding hydrogens is 796 g/mol. The number of hydrogen-bond donors (Lipinski definition) is 0. The minimum Gasteiger partial charge on any atom is -0.313 e. The molecule has 0 N–H and O–H groups in total. The van der Waals surface area contributed by atoms with E-state index in [9.17, 15) is 0 Å². The van der Waals surface area contributed by atoms with Gasteiger partial charge in [0, 0.05) is 54.5 Å². The Hall–Kier alpha value is -5.12. The van der Waals surface area contributed by atoms with E-state index in [1.54, 1.807) is 0 Å². The molecule has 8 aromatic carbocycles. The number of rotatable bonds is 12. The highest BCUT2D eigenvalue weighted by molar-refractivity contribution is 7.88. The van der Waals surface area contributed by atoms with Crippen LogP contribution in [0.3, 0.4) is 0 Å². The van der Waals surface area contributed by atoms with Gasteiger partial charge in [-0.25, -0.2) is 0 Å². The van der Waals surface area contributed by atoms with E-state index < -0.39 is 52.0 Å². The predicted octanol–water partition coefficient (Wildman–Crippen LogP) is 9.65. The highest BCUT2D eigenvalue weighted by Gasteiger charge is 2.71. The molecule has 290 valence electrons. The second-order valence-electron chi connectivity index (χ2n) is 15.0. The minimum absolute atomic E-state index is 0.446. The first kappa shape index (κ1) is 39.3. The van der Waals surface area contributed by atoms with Crippen molar-refractivity contribution in [2.75, 3.05) is 0 Å². The second-order valence-corrected chi connectivity index (χ2v) is 26.2. The molecule has 0 radical (unpaired) electrons. The van der Waals surface area contributed by atoms with Crippen LogP contribution in [0.25, 0.3) is 0 Å². The van der Waals surface area contributed by atoms with Gasteiger partial charge in [-0.05, 0) is 18.5 Å². The summed E-state index contributed by atoms with van der Waals surface area (Å²) in [5, 5.41) is 6.39. The molecule has 9 rings (SSSR count). The van der Waals surface area contributed by atoms with Gasteiger partial charge in [-0.2, -0.15) is 0 Å². The zero-order chi connectivity index (χ0) is 40.3. The first-order chi connectivity index (χ1) is 29.0. The Morgan fingerprint density at radius 3 is 0.661 bits per heavy atom. The van der Waals surface area contributed by atoms with E-state index in [2.05, 4.69) is 48.5 Å². The predicted molar refractivity (Wildman–Crippen MR) is 253 cm³/mol. The van der Waals surface area contributed by atoms with E-state index in [1.165, 1.54) is 0 Å². The molecule has 2 atom stereocenters. The van der Waals surface area contributed by atoms with Crippen molar-refractivity contribution < 1.29 is 13.7 Å². The summed E-state index contributed by atoms with van der Waals surface area (Å²) in [6, 6.07) is 79.7. The van der Waals surface area contributed by atoms with Crippen molar-refractivity contribution in [1.82, 2.24) is 0 Å². The van der Waals surface area contributed by atoms with Crippen LogP contribution in [0.15, 0.2) is 243 Å². The third kappa shape index (κ3) is 6.90. The van der Waals surface area contributed by atoms with Gasteiger partial charge in [0.15, 0.2) is 0 Å². The molecule has 0 aliphatic heterocycles. The molecule has 0 bridgehead atoms. The Labute approximate surface area is 349 Å². The maximum Gasteiger partial charge on any atom is 0.147 e. The smallest absolute Gasteiger partial charge is 0.147 e. The van der Waals surface area contributed by atoms with E-state index >= 15 is 13.7 Å². The maximum absolute atomic E-state index is 17.4. The van der Waals surface area contributed by atoms with Crippen molar-refractivity contribution >= 4 is 71.8 Å². The molecule has 0 saturated heterocycles. The van der Waals surface area contributed by atoms with Gasteiger partial charge in [0.2, 0.25) is 0 Å². The molecule has 1 saturated carbocycles. The third-order valence-corrected chi connectivity index (χ3v) is 26.6. The van der Waals surface area contributed by atoms with Crippen LogP contribution in [0.1, 0.15) is 0 Å². The standard InChI is InChI=1S/C52H44O3P4/c53-57(43-29-13-3-14-30-43,44-31-15-4-16-32-44)50-49(56(41-25-9-1-10-26-41)42-27-11-2-12-28-42)51(58(54,45-33-17-5-18-34-45)46-35-19-6-20-36-46)52(50)59(55,47-37-21-7-22-38-47)48-39-23-8-24-40-48/h1-40,49-52H/t49?,50-,51-,52?/m0/s1. The van der Waals surface area contributed by atoms with E-state index in [0.717, 1.165) is 10.6 Å². The lowest BCUT2D eigenvalue weighted by Gasteiger charge is -2.61. The van der Waals surface area contributed by atoms with Gasteiger partial charge in [-0.3, -0.25) is 0 Å². The van der Waals surface area contributed by atoms with Gasteiger partial charge in [-0.1, -0.05) is 243 Å². The molecule has 8 aromatic rings. The Morgan fingerprint density at radius 1 is 0.254 bits per heavy atom. The van der Waals surface area contributed by atoms with Crippen molar-refractivity contribution in [1.29, 1.82) is 0 Å². The highest BCUT2D eigenvalue weighted by atomic mass is 31.2. The van der Waals surface area contributed by atoms with Crippen LogP contribution in [-0.4, -0.2) is 22.6 Å². The molecule has 7 heteroatoms. The Kier molecular flexibility index (Phi) is 11.2. The van der Waals surface area contributed by atoms with Gasteiger partial charge in [0.25, 0.3) is 0 Å². The first-order valence-electron chi connectivity index (χ1n) is 20.0. The molecule has 0 spiro atoms. The summed E-state index contributed by atoms with van der Waals surface area (Å²) in [6.45, 7) is 0. The van der Waals surface area contributed by atoms with E-state index in [1.807, 2.05) is 194 Å². The number of benzene rings is 8. The SMILES string of the molecule is O=P(c1ccccc1)(c1ccccc1)C1[C@@H](P(=O)(c2ccccc2)c2ccccc2)C(P(c2ccccc2)c2ccccc2)[C@@H]1P(=O)(c1ccccc1)c1ccccc1. The topological polar surface area (TPSA) is 51.2 Å². The van der Waals surface area contributed by atoms with Crippen LogP contribution in [0.2, 0.25) is 0 Å². The molecule has 0 amide bonds. The lowest BCUT2D eigenvalue weighted by Crippen LogP contribution is -2.67. The fourth-order valence-electron chi connectivity index (χ4n) is 9.31. The minimum atomic E-state index is -3.81. The molecule has 1 aliphatic rings. The first-order valence-corrected chi connectivity index (χ1v) is 26.7. The third-order valence-electron chi connectivity index (χ3n) is 11.9. The Bertz CT molecular complexity index is 2480. The van der Waals surface area contributed by atoms with Crippen LogP contribution in [0, 0.1) is 0 Å². The average Bonchev–Trinajstić information content (AvgIpc) is 3.32. The van der Waals surface area contributed by atoms with Gasteiger partial charge >= 0.3 is 0 Å². The van der Waals surface area contributed by atoms with Crippen molar-refractivity contribution in [2.24, 2.45) is 0 Å². The van der Waals surface area contributed by atoms with Crippen LogP contribution < -0.4 is 42.4 Å². The summed E-state index contributed by atoms with van der Waals surface area (Å²) in [7, 11) is -12.7. The number of hydrogen-bond acceptors (Lipinski definition) is 3. The molecule has 59 heavy (non-hydrogen) atoms. The van der Waals surface area contributed by atoms with Gasteiger partial charge in [-0.15, -0.1) is 0 Å². The summed E-state index contributed by atoms with van der Waals surface area (Å²) < 4.78 is 52.3. The molecule has 0 unspecified atom stereocenters. The summed E-state index contributed by atoms with van der Waals surface area (Å²) in [4.78, 5) is 0. The van der Waals surface area contributed by atoms with Crippen molar-refractivity contribution in [3.05, 3.63) is 243 Å². The zero-order valence-electron chi connectivity index (χ0n) is 32.4. The summed E-state index contributed by atoms with van der Waals surface area (Å²) in [5.74, 6) is 0. The Morgan fingerprint density at radius 2 is 0.441 bits per heavy atom. The molecule has 1 fully saturated rings. The normalized spacial score (nSPS) is 18.2. The lowest BCUT2D eigenvalue weighted by molar-refractivity contribution is 0.472. The second kappa shape index (κ2) is 16.9. The summed E-state index contributed by atoms with van der Waals surface area (Å²) in [6.07, 6.45) is 0. The summed E-state index contributed by atoms with van der Waals surface area (Å²) >= 11 is 0. The van der Waals surface area contributed by atoms with Crippen LogP contribution >= 0.6 is 29.3 Å². The quantitative estimate of drug-likeness (QED) is 0.115. The largest absolute Gasteiger partial charge is 0.313 e. The van der Waals surface area contributed by atoms with Gasteiger partial charge in [0.1, 0.15) is 21.4 Å². The van der Waals surface area contributed by atoms with Crippen LogP contribution in [0.5, 0.6) is 0 Å². The monoisotopic (exact) mass is 840 g/mol. The van der Waals surface area contributed by atoms with E-state index in [-0.39, 0.29) is 0 Å². The van der Waals surface area contributed by atoms with Crippen LogP contribution in [-0.2, 0) is 13.7 Å². The molecule has 0 heterocycles. The van der Waals surface area contributed by atoms with Crippen molar-refractivity contribution in [2.45, 2.75) is 22.6 Å². The maximum atomic E-state index is 17.4. The van der Waals surface area contributed by atoms with E-state index in [0.29, 0.717) is 31.8 Å². The Balaban J connectivity index is 1.47.